The summed E-state index contributed by atoms with van der Waals surface area (Å²) in [5.41, 5.74) is 2.86. The van der Waals surface area contributed by atoms with E-state index in [0.29, 0.717) is 11.6 Å². The summed E-state index contributed by atoms with van der Waals surface area (Å²) >= 11 is 0. The molecule has 0 aliphatic carbocycles. The number of nitrogens with zero attached hydrogens (tertiary/aromatic N) is 2. The van der Waals surface area contributed by atoms with Gasteiger partial charge in [0.15, 0.2) is 11.9 Å². The van der Waals surface area contributed by atoms with Gasteiger partial charge in [0, 0.05) is 18.0 Å². The third-order valence-corrected chi connectivity index (χ3v) is 4.97. The first-order chi connectivity index (χ1) is 14.6. The molecule has 0 unspecified atom stereocenters. The molecule has 4 aromatic rings. The summed E-state index contributed by atoms with van der Waals surface area (Å²) in [6, 6.07) is 19.1. The number of carbonyl (C=O) groups excluding carboxylic acids is 1. The van der Waals surface area contributed by atoms with E-state index < -0.39 is 6.10 Å². The highest BCUT2D eigenvalue weighted by atomic mass is 16.5. The fraction of sp³-hybridized carbons (Fsp3) is 0.217. The van der Waals surface area contributed by atoms with E-state index in [9.17, 15) is 4.79 Å². The van der Waals surface area contributed by atoms with E-state index in [1.54, 1.807) is 14.0 Å². The van der Waals surface area contributed by atoms with Gasteiger partial charge in [-0.15, -0.1) is 0 Å². The summed E-state index contributed by atoms with van der Waals surface area (Å²) in [5.74, 6) is 1.64. The zero-order valence-corrected chi connectivity index (χ0v) is 17.2. The first-order valence-corrected chi connectivity index (χ1v) is 9.85. The zero-order valence-electron chi connectivity index (χ0n) is 17.2. The molecule has 154 valence electrons. The number of hydrogen-bond acceptors (Lipinski definition) is 4. The van der Waals surface area contributed by atoms with E-state index >= 15 is 0 Å². The molecule has 30 heavy (non-hydrogen) atoms. The zero-order chi connectivity index (χ0) is 21.1. The van der Waals surface area contributed by atoms with E-state index in [-0.39, 0.29) is 5.91 Å². The Morgan fingerprint density at radius 1 is 1.17 bits per heavy atom. The summed E-state index contributed by atoms with van der Waals surface area (Å²) in [7, 11) is 1.67. The lowest BCUT2D eigenvalue weighted by Crippen LogP contribution is -2.30. The second-order valence-electron chi connectivity index (χ2n) is 6.90. The smallest absolute Gasteiger partial charge is 0.266 e. The number of H-pyrrole nitrogens is 1. The first kappa shape index (κ1) is 19.6. The maximum Gasteiger partial charge on any atom is 0.266 e. The number of nitrogens with one attached hydrogen (secondary N) is 2. The van der Waals surface area contributed by atoms with Crippen LogP contribution in [-0.2, 0) is 11.3 Å². The second-order valence-corrected chi connectivity index (χ2v) is 6.90. The van der Waals surface area contributed by atoms with Crippen molar-refractivity contribution in [2.24, 2.45) is 0 Å². The van der Waals surface area contributed by atoms with Gasteiger partial charge in [0.1, 0.15) is 11.5 Å². The summed E-state index contributed by atoms with van der Waals surface area (Å²) in [6.45, 7) is 4.58. The third-order valence-electron chi connectivity index (χ3n) is 4.97. The van der Waals surface area contributed by atoms with Gasteiger partial charge in [-0.2, -0.15) is 5.10 Å². The number of fused-ring (bicyclic) bond motifs is 1. The van der Waals surface area contributed by atoms with Gasteiger partial charge in [-0.1, -0.05) is 24.3 Å². The van der Waals surface area contributed by atoms with Crippen LogP contribution in [0.25, 0.3) is 22.3 Å². The van der Waals surface area contributed by atoms with Crippen molar-refractivity contribution >= 4 is 22.6 Å². The van der Waals surface area contributed by atoms with Gasteiger partial charge in [0.05, 0.1) is 24.0 Å². The molecule has 0 saturated carbocycles. The topological polar surface area (TPSA) is 81.2 Å². The van der Waals surface area contributed by atoms with Crippen molar-refractivity contribution < 1.29 is 14.3 Å². The molecule has 0 radical (unpaired) electrons. The Morgan fingerprint density at radius 3 is 2.70 bits per heavy atom. The Morgan fingerprint density at radius 2 is 1.97 bits per heavy atom. The number of ether oxygens (including phenoxy) is 2. The Bertz CT molecular complexity index is 1160. The maximum absolute atomic E-state index is 12.5. The molecule has 0 fully saturated rings. The predicted octanol–water partition coefficient (Wildman–Crippen LogP) is 4.47. The van der Waals surface area contributed by atoms with Gasteiger partial charge in [-0.3, -0.25) is 9.89 Å². The number of rotatable bonds is 7. The number of carbonyl (C=O) groups is 1. The lowest BCUT2D eigenvalue weighted by molar-refractivity contribution is -0.122. The van der Waals surface area contributed by atoms with Crippen molar-refractivity contribution in [2.75, 3.05) is 12.4 Å². The SMILES string of the molecule is CCn1c(-c2cc(NC(=O)[C@@H](C)Oc3ccccc3)n[nH]2)cc2c(OC)cccc21. The molecule has 1 atom stereocenters. The fourth-order valence-corrected chi connectivity index (χ4v) is 3.50. The number of methoxy groups -OCH3 is 1. The normalized spacial score (nSPS) is 12.0. The van der Waals surface area contributed by atoms with E-state index in [1.165, 1.54) is 0 Å². The van der Waals surface area contributed by atoms with Gasteiger partial charge in [0.2, 0.25) is 0 Å². The largest absolute Gasteiger partial charge is 0.496 e. The van der Waals surface area contributed by atoms with Crippen LogP contribution in [0.4, 0.5) is 5.82 Å². The summed E-state index contributed by atoms with van der Waals surface area (Å²) in [6.07, 6.45) is -0.654. The van der Waals surface area contributed by atoms with Crippen molar-refractivity contribution in [1.82, 2.24) is 14.8 Å². The lowest BCUT2D eigenvalue weighted by Gasteiger charge is -2.13. The molecule has 0 aliphatic heterocycles. The minimum Gasteiger partial charge on any atom is -0.496 e. The van der Waals surface area contributed by atoms with Crippen molar-refractivity contribution in [1.29, 1.82) is 0 Å². The molecule has 7 heteroatoms. The number of amides is 1. The van der Waals surface area contributed by atoms with Crippen LogP contribution in [0, 0.1) is 0 Å². The van der Waals surface area contributed by atoms with Crippen LogP contribution in [0.2, 0.25) is 0 Å². The molecule has 4 rings (SSSR count). The minimum atomic E-state index is -0.654. The molecule has 0 spiro atoms. The Labute approximate surface area is 174 Å². The van der Waals surface area contributed by atoms with Gasteiger partial charge >= 0.3 is 0 Å². The molecule has 7 nitrogen and oxygen atoms in total. The summed E-state index contributed by atoms with van der Waals surface area (Å²) in [5, 5.41) is 11.1. The lowest BCUT2D eigenvalue weighted by atomic mass is 10.2. The molecule has 0 saturated heterocycles. The second kappa shape index (κ2) is 8.32. The van der Waals surface area contributed by atoms with E-state index in [2.05, 4.69) is 39.1 Å². The van der Waals surface area contributed by atoms with Crippen molar-refractivity contribution in [3.8, 4) is 22.9 Å². The monoisotopic (exact) mass is 404 g/mol. The molecule has 1 amide bonds. The van der Waals surface area contributed by atoms with E-state index in [4.69, 9.17) is 9.47 Å². The van der Waals surface area contributed by atoms with Crippen LogP contribution >= 0.6 is 0 Å². The molecule has 0 bridgehead atoms. The molecular weight excluding hydrogens is 380 g/mol. The van der Waals surface area contributed by atoms with Crippen LogP contribution in [-0.4, -0.2) is 33.9 Å². The van der Waals surface area contributed by atoms with E-state index in [0.717, 1.165) is 34.6 Å². The number of benzene rings is 2. The van der Waals surface area contributed by atoms with Crippen LogP contribution in [0.5, 0.6) is 11.5 Å². The third kappa shape index (κ3) is 3.74. The molecule has 2 aromatic heterocycles. The average Bonchev–Trinajstić information content (AvgIpc) is 3.38. The van der Waals surface area contributed by atoms with Crippen molar-refractivity contribution in [3.63, 3.8) is 0 Å². The van der Waals surface area contributed by atoms with Crippen LogP contribution in [0.1, 0.15) is 13.8 Å². The Kier molecular flexibility index (Phi) is 5.43. The van der Waals surface area contributed by atoms with Gasteiger partial charge < -0.3 is 19.4 Å². The van der Waals surface area contributed by atoms with Crippen molar-refractivity contribution in [2.45, 2.75) is 26.5 Å². The van der Waals surface area contributed by atoms with Gasteiger partial charge in [-0.25, -0.2) is 0 Å². The Hall–Kier alpha value is -3.74. The van der Waals surface area contributed by atoms with Gasteiger partial charge in [-0.05, 0) is 44.2 Å². The molecule has 2 aromatic carbocycles. The van der Waals surface area contributed by atoms with Crippen LogP contribution in [0.3, 0.4) is 0 Å². The minimum absolute atomic E-state index is 0.269. The van der Waals surface area contributed by atoms with Crippen molar-refractivity contribution in [3.05, 3.63) is 60.7 Å². The molecule has 2 heterocycles. The van der Waals surface area contributed by atoms with E-state index in [1.807, 2.05) is 48.5 Å². The quantitative estimate of drug-likeness (QED) is 0.476. The fourth-order valence-electron chi connectivity index (χ4n) is 3.50. The standard InChI is InChI=1S/C23H24N4O3/c1-4-27-19-11-8-12-21(29-3)17(19)13-20(27)18-14-22(26-25-18)24-23(28)15(2)30-16-9-6-5-7-10-16/h5-15H,4H2,1-3H3,(H2,24,25,26,28)/t15-/m1/s1. The highest BCUT2D eigenvalue weighted by Gasteiger charge is 2.18. The molecular formula is C23H24N4O3. The number of aromatic nitrogens is 3. The highest BCUT2D eigenvalue weighted by molar-refractivity contribution is 5.94. The summed E-state index contributed by atoms with van der Waals surface area (Å²) in [4.78, 5) is 12.5. The number of anilines is 1. The number of aromatic amines is 1. The number of para-hydroxylation sites is 1. The highest BCUT2D eigenvalue weighted by Crippen LogP contribution is 2.33. The first-order valence-electron chi connectivity index (χ1n) is 9.85. The summed E-state index contributed by atoms with van der Waals surface area (Å²) < 4.78 is 13.4. The van der Waals surface area contributed by atoms with Crippen LogP contribution < -0.4 is 14.8 Å². The molecule has 0 aliphatic rings. The molecule has 2 N–H and O–H groups in total. The number of aryl methyl sites for hydroxylation is 1. The predicted molar refractivity (Wildman–Crippen MR) is 117 cm³/mol. The maximum atomic E-state index is 12.5. The Balaban J connectivity index is 1.55. The van der Waals surface area contributed by atoms with Gasteiger partial charge in [0.25, 0.3) is 5.91 Å². The number of hydrogen-bond donors (Lipinski definition) is 2. The average molecular weight is 404 g/mol. The van der Waals surface area contributed by atoms with Crippen LogP contribution in [0.15, 0.2) is 60.7 Å².